The molecule has 13 heavy (non-hydrogen) atoms. The zero-order valence-electron chi connectivity index (χ0n) is 7.44. The van der Waals surface area contributed by atoms with E-state index in [1.165, 1.54) is 0 Å². The topological polar surface area (TPSA) is 32.3 Å². The molecule has 0 bridgehead atoms. The molecule has 1 rings (SSSR count). The van der Waals surface area contributed by atoms with E-state index in [-0.39, 0.29) is 5.75 Å². The summed E-state index contributed by atoms with van der Waals surface area (Å²) in [4.78, 5) is 0. The average molecular weight is 309 g/mol. The summed E-state index contributed by atoms with van der Waals surface area (Å²) in [7, 11) is 0. The third kappa shape index (κ3) is 2.88. The van der Waals surface area contributed by atoms with E-state index in [4.69, 9.17) is 0 Å². The van der Waals surface area contributed by atoms with E-state index in [1.54, 1.807) is 6.07 Å². The zero-order valence-corrected chi connectivity index (χ0v) is 10.6. The Labute approximate surface area is 94.6 Å². The predicted molar refractivity (Wildman–Crippen MR) is 62.3 cm³/mol. The van der Waals surface area contributed by atoms with Crippen molar-refractivity contribution in [2.75, 3.05) is 5.32 Å². The molecule has 2 nitrogen and oxygen atoms in total. The second kappa shape index (κ2) is 4.33. The van der Waals surface area contributed by atoms with Crippen LogP contribution in [0.15, 0.2) is 21.1 Å². The van der Waals surface area contributed by atoms with Crippen LogP contribution in [0.2, 0.25) is 0 Å². The molecule has 0 spiro atoms. The van der Waals surface area contributed by atoms with Gasteiger partial charge in [-0.25, -0.2) is 0 Å². The van der Waals surface area contributed by atoms with Crippen molar-refractivity contribution in [2.24, 2.45) is 0 Å². The van der Waals surface area contributed by atoms with Gasteiger partial charge in [0.1, 0.15) is 0 Å². The summed E-state index contributed by atoms with van der Waals surface area (Å²) in [5.74, 6) is 0.247. The highest BCUT2D eigenvalue weighted by molar-refractivity contribution is 9.11. The van der Waals surface area contributed by atoms with Gasteiger partial charge in [0.25, 0.3) is 0 Å². The van der Waals surface area contributed by atoms with Crippen LogP contribution >= 0.6 is 31.9 Å². The van der Waals surface area contributed by atoms with Gasteiger partial charge in [-0.1, -0.05) is 15.9 Å². The van der Waals surface area contributed by atoms with Gasteiger partial charge in [0.2, 0.25) is 0 Å². The zero-order chi connectivity index (χ0) is 10.0. The fraction of sp³-hybridized carbons (Fsp3) is 0.333. The number of rotatable bonds is 2. The van der Waals surface area contributed by atoms with Crippen molar-refractivity contribution in [2.45, 2.75) is 19.9 Å². The maximum absolute atomic E-state index is 9.64. The van der Waals surface area contributed by atoms with Gasteiger partial charge < -0.3 is 10.4 Å². The molecule has 1 aromatic carbocycles. The van der Waals surface area contributed by atoms with Crippen molar-refractivity contribution in [3.8, 4) is 5.75 Å². The Morgan fingerprint density at radius 1 is 1.31 bits per heavy atom. The summed E-state index contributed by atoms with van der Waals surface area (Å²) in [6.45, 7) is 4.04. The molecule has 0 saturated carbocycles. The number of anilines is 1. The minimum atomic E-state index is 0.247. The average Bonchev–Trinajstić information content (AvgIpc) is 1.98. The van der Waals surface area contributed by atoms with Gasteiger partial charge in [0.05, 0.1) is 10.2 Å². The van der Waals surface area contributed by atoms with Crippen molar-refractivity contribution < 1.29 is 5.11 Å². The number of halogens is 2. The smallest absolute Gasteiger partial charge is 0.152 e. The number of benzene rings is 1. The number of aromatic hydroxyl groups is 1. The number of hydrogen-bond donors (Lipinski definition) is 2. The van der Waals surface area contributed by atoms with E-state index in [9.17, 15) is 5.11 Å². The molecule has 1 aromatic rings. The first-order valence-electron chi connectivity index (χ1n) is 3.95. The van der Waals surface area contributed by atoms with Gasteiger partial charge in [0, 0.05) is 10.5 Å². The molecule has 0 radical (unpaired) electrons. The Hall–Kier alpha value is -0.220. The molecular weight excluding hydrogens is 298 g/mol. The molecule has 0 aliphatic carbocycles. The predicted octanol–water partition coefficient (Wildman–Crippen LogP) is 3.74. The van der Waals surface area contributed by atoms with Crippen LogP contribution in [0.1, 0.15) is 13.8 Å². The summed E-state index contributed by atoms with van der Waals surface area (Å²) >= 11 is 6.62. The number of phenols is 1. The molecule has 72 valence electrons. The SMILES string of the molecule is CC(C)Nc1cc(Br)cc(Br)c1O. The third-order valence-corrected chi connectivity index (χ3v) is 2.53. The van der Waals surface area contributed by atoms with E-state index < -0.39 is 0 Å². The molecule has 0 aromatic heterocycles. The van der Waals surface area contributed by atoms with Crippen LogP contribution in [0.5, 0.6) is 5.75 Å². The standard InChI is InChI=1S/C9H11Br2NO/c1-5(2)12-8-4-6(10)3-7(11)9(8)13/h3-5,12-13H,1-2H3. The molecule has 0 atom stereocenters. The molecule has 0 aliphatic heterocycles. The van der Waals surface area contributed by atoms with Crippen molar-refractivity contribution in [3.63, 3.8) is 0 Å². The third-order valence-electron chi connectivity index (χ3n) is 1.47. The Kier molecular flexibility index (Phi) is 3.62. The first kappa shape index (κ1) is 10.9. The Morgan fingerprint density at radius 3 is 2.46 bits per heavy atom. The molecule has 0 saturated heterocycles. The molecule has 0 amide bonds. The summed E-state index contributed by atoms with van der Waals surface area (Å²) in [6.07, 6.45) is 0. The molecule has 0 unspecified atom stereocenters. The van der Waals surface area contributed by atoms with Crippen LogP contribution < -0.4 is 5.32 Å². The van der Waals surface area contributed by atoms with E-state index in [0.29, 0.717) is 10.5 Å². The van der Waals surface area contributed by atoms with Crippen molar-refractivity contribution in [1.29, 1.82) is 0 Å². The summed E-state index contributed by atoms with van der Waals surface area (Å²) < 4.78 is 1.62. The fourth-order valence-electron chi connectivity index (χ4n) is 0.987. The maximum Gasteiger partial charge on any atom is 0.152 e. The minimum absolute atomic E-state index is 0.247. The summed E-state index contributed by atoms with van der Waals surface area (Å²) in [5.41, 5.74) is 0.733. The summed E-state index contributed by atoms with van der Waals surface area (Å²) in [5, 5.41) is 12.8. The van der Waals surface area contributed by atoms with Crippen LogP contribution in [0.3, 0.4) is 0 Å². The lowest BCUT2D eigenvalue weighted by Gasteiger charge is -2.12. The van der Waals surface area contributed by atoms with E-state index in [0.717, 1.165) is 10.2 Å². The largest absolute Gasteiger partial charge is 0.505 e. The summed E-state index contributed by atoms with van der Waals surface area (Å²) in [6, 6.07) is 3.95. The van der Waals surface area contributed by atoms with Gasteiger partial charge in [-0.05, 0) is 41.9 Å². The van der Waals surface area contributed by atoms with Crippen molar-refractivity contribution in [3.05, 3.63) is 21.1 Å². The van der Waals surface area contributed by atoms with E-state index >= 15 is 0 Å². The molecular formula is C9H11Br2NO. The van der Waals surface area contributed by atoms with Crippen LogP contribution in [0.4, 0.5) is 5.69 Å². The normalized spacial score (nSPS) is 10.5. The molecule has 0 aliphatic rings. The van der Waals surface area contributed by atoms with E-state index in [1.807, 2.05) is 19.9 Å². The highest BCUT2D eigenvalue weighted by Crippen LogP contribution is 2.35. The number of nitrogens with one attached hydrogen (secondary N) is 1. The minimum Gasteiger partial charge on any atom is -0.505 e. The highest BCUT2D eigenvalue weighted by atomic mass is 79.9. The molecule has 0 heterocycles. The fourth-order valence-corrected chi connectivity index (χ4v) is 2.21. The lowest BCUT2D eigenvalue weighted by atomic mass is 10.2. The first-order chi connectivity index (χ1) is 6.00. The maximum atomic E-state index is 9.64. The van der Waals surface area contributed by atoms with Crippen LogP contribution in [0, 0.1) is 0 Å². The monoisotopic (exact) mass is 307 g/mol. The molecule has 0 fully saturated rings. The van der Waals surface area contributed by atoms with Gasteiger partial charge >= 0.3 is 0 Å². The van der Waals surface area contributed by atoms with Gasteiger partial charge in [-0.3, -0.25) is 0 Å². The second-order valence-electron chi connectivity index (χ2n) is 3.08. The van der Waals surface area contributed by atoms with Crippen molar-refractivity contribution >= 4 is 37.5 Å². The second-order valence-corrected chi connectivity index (χ2v) is 4.85. The Balaban J connectivity index is 3.05. The van der Waals surface area contributed by atoms with Gasteiger partial charge in [-0.2, -0.15) is 0 Å². The van der Waals surface area contributed by atoms with Gasteiger partial charge in [-0.15, -0.1) is 0 Å². The number of phenolic OH excluding ortho intramolecular Hbond substituents is 1. The van der Waals surface area contributed by atoms with Crippen LogP contribution in [-0.2, 0) is 0 Å². The van der Waals surface area contributed by atoms with Crippen LogP contribution in [-0.4, -0.2) is 11.1 Å². The Bertz CT molecular complexity index is 313. The first-order valence-corrected chi connectivity index (χ1v) is 5.54. The highest BCUT2D eigenvalue weighted by Gasteiger charge is 2.07. The van der Waals surface area contributed by atoms with Crippen molar-refractivity contribution in [1.82, 2.24) is 0 Å². The molecule has 4 heteroatoms. The lowest BCUT2D eigenvalue weighted by molar-refractivity contribution is 0.473. The quantitative estimate of drug-likeness (QED) is 0.816. The molecule has 2 N–H and O–H groups in total. The van der Waals surface area contributed by atoms with Gasteiger partial charge in [0.15, 0.2) is 5.75 Å². The number of hydrogen-bond acceptors (Lipinski definition) is 2. The Morgan fingerprint density at radius 2 is 1.92 bits per heavy atom. The lowest BCUT2D eigenvalue weighted by Crippen LogP contribution is -2.09. The van der Waals surface area contributed by atoms with Crippen LogP contribution in [0.25, 0.3) is 0 Å². The van der Waals surface area contributed by atoms with E-state index in [2.05, 4.69) is 37.2 Å².